The minimum absolute atomic E-state index is 0.107. The lowest BCUT2D eigenvalue weighted by molar-refractivity contribution is -0.137. The van der Waals surface area contributed by atoms with Gasteiger partial charge in [-0.2, -0.15) is 4.98 Å². The lowest BCUT2D eigenvalue weighted by Gasteiger charge is -2.49. The van der Waals surface area contributed by atoms with Crippen molar-refractivity contribution in [2.45, 2.75) is 96.1 Å². The second-order valence-electron chi connectivity index (χ2n) is 18.4. The Morgan fingerprint density at radius 2 is 1.77 bits per heavy atom. The van der Waals surface area contributed by atoms with Crippen LogP contribution in [0.1, 0.15) is 87.2 Å². The highest BCUT2D eigenvalue weighted by Gasteiger charge is 2.45. The first-order chi connectivity index (χ1) is 31.4. The van der Waals surface area contributed by atoms with Gasteiger partial charge in [-0.1, -0.05) is 11.6 Å². The molecule has 1 unspecified atom stereocenters. The minimum Gasteiger partial charge on any atom is -0.478 e. The van der Waals surface area contributed by atoms with E-state index in [9.17, 15) is 24.0 Å². The fourth-order valence-electron chi connectivity index (χ4n) is 9.70. The number of amides is 4. The lowest BCUT2D eigenvalue weighted by Crippen LogP contribution is -2.57. The van der Waals surface area contributed by atoms with Gasteiger partial charge < -0.3 is 44.7 Å². The van der Waals surface area contributed by atoms with E-state index in [4.69, 9.17) is 26.1 Å². The number of fused-ring (bicyclic) bond motifs is 2. The predicted molar refractivity (Wildman–Crippen MR) is 247 cm³/mol. The maximum atomic E-state index is 13.1. The quantitative estimate of drug-likeness (QED) is 0.152. The summed E-state index contributed by atoms with van der Waals surface area (Å²) in [5.41, 5.74) is 4.45. The highest BCUT2D eigenvalue weighted by molar-refractivity contribution is 6.33. The van der Waals surface area contributed by atoms with Crippen LogP contribution in [0.4, 0.5) is 23.1 Å². The number of benzene rings is 2. The normalized spacial score (nSPS) is 20.6. The first kappa shape index (κ1) is 44.4. The van der Waals surface area contributed by atoms with Crippen LogP contribution >= 0.6 is 11.6 Å². The SMILES string of the molecule is CNC(=O)COc1cc2cc(Nc3nc(N4CCC(OC5CCC5)CC4)ncc3Cl)ccc2n(C(C)C)c1=O.O=C1CCC(N2Cc3cc(N4CC5(CCNC5)C4)ccc3C2=O)C(=O)N1. The van der Waals surface area contributed by atoms with Gasteiger partial charge in [0, 0.05) is 86.5 Å². The first-order valence-electron chi connectivity index (χ1n) is 22.8. The molecule has 1 saturated carbocycles. The molecule has 4 saturated heterocycles. The van der Waals surface area contributed by atoms with Crippen molar-refractivity contribution in [3.05, 3.63) is 75.2 Å². The smallest absolute Gasteiger partial charge is 0.293 e. The summed E-state index contributed by atoms with van der Waals surface area (Å²) in [4.78, 5) is 76.3. The number of carbonyl (C=O) groups is 4. The Hall–Kier alpha value is -5.78. The third kappa shape index (κ3) is 9.36. The van der Waals surface area contributed by atoms with Gasteiger partial charge in [-0.05, 0) is 113 Å². The number of rotatable bonds is 11. The zero-order valence-electron chi connectivity index (χ0n) is 37.2. The third-order valence-electron chi connectivity index (χ3n) is 13.6. The Bertz CT molecular complexity index is 2540. The zero-order chi connectivity index (χ0) is 45.4. The number of hydrogen-bond donors (Lipinski definition) is 4. The van der Waals surface area contributed by atoms with Gasteiger partial charge in [0.15, 0.2) is 18.2 Å². The number of nitrogens with one attached hydrogen (secondary N) is 4. The highest BCUT2D eigenvalue weighted by Crippen LogP contribution is 2.40. The molecule has 6 aliphatic rings. The molecule has 65 heavy (non-hydrogen) atoms. The maximum Gasteiger partial charge on any atom is 0.293 e. The number of carbonyl (C=O) groups excluding carboxylic acids is 4. The average molecular weight is 909 g/mol. The Morgan fingerprint density at radius 1 is 0.985 bits per heavy atom. The van der Waals surface area contributed by atoms with Crippen LogP contribution in [0.5, 0.6) is 5.75 Å². The van der Waals surface area contributed by atoms with Crippen molar-refractivity contribution in [2.24, 2.45) is 5.41 Å². The Balaban J connectivity index is 0.000000177. The maximum absolute atomic E-state index is 13.1. The summed E-state index contributed by atoms with van der Waals surface area (Å²) in [5.74, 6) is 0.202. The predicted octanol–water partition coefficient (Wildman–Crippen LogP) is 4.68. The van der Waals surface area contributed by atoms with Crippen LogP contribution in [0.25, 0.3) is 10.9 Å². The van der Waals surface area contributed by atoms with Crippen molar-refractivity contribution >= 4 is 69.3 Å². The number of hydrogen-bond acceptors (Lipinski definition) is 13. The Labute approximate surface area is 382 Å². The van der Waals surface area contributed by atoms with E-state index in [0.717, 1.165) is 80.0 Å². The second-order valence-corrected chi connectivity index (χ2v) is 18.8. The Morgan fingerprint density at radius 3 is 2.46 bits per heavy atom. The van der Waals surface area contributed by atoms with Crippen LogP contribution in [0.2, 0.25) is 5.02 Å². The molecule has 1 aliphatic carbocycles. The van der Waals surface area contributed by atoms with Gasteiger partial charge in [0.1, 0.15) is 11.1 Å². The van der Waals surface area contributed by atoms with Gasteiger partial charge in [-0.25, -0.2) is 4.98 Å². The summed E-state index contributed by atoms with van der Waals surface area (Å²) in [6.45, 7) is 10.0. The molecule has 4 amide bonds. The molecule has 18 heteroatoms. The third-order valence-corrected chi connectivity index (χ3v) is 13.8. The van der Waals surface area contributed by atoms with Crippen molar-refractivity contribution in [2.75, 3.05) is 68.0 Å². The van der Waals surface area contributed by atoms with E-state index in [-0.39, 0.29) is 54.0 Å². The number of nitrogens with zero attached hydrogens (tertiary/aromatic N) is 6. The molecule has 5 fully saturated rings. The number of pyridine rings is 1. The van der Waals surface area contributed by atoms with Crippen LogP contribution in [0.3, 0.4) is 0 Å². The van der Waals surface area contributed by atoms with Crippen LogP contribution in [-0.4, -0.2) is 114 Å². The lowest BCUT2D eigenvalue weighted by atomic mass is 9.78. The van der Waals surface area contributed by atoms with Gasteiger partial charge in [0.25, 0.3) is 17.4 Å². The summed E-state index contributed by atoms with van der Waals surface area (Å²) in [7, 11) is 1.52. The van der Waals surface area contributed by atoms with Crippen molar-refractivity contribution < 1.29 is 28.7 Å². The molecule has 2 aromatic carbocycles. The van der Waals surface area contributed by atoms with E-state index < -0.39 is 6.04 Å². The van der Waals surface area contributed by atoms with Crippen LogP contribution < -0.4 is 41.4 Å². The van der Waals surface area contributed by atoms with Gasteiger partial charge in [0.05, 0.1) is 23.9 Å². The molecular formula is C47H57ClN10O7. The molecular weight excluding hydrogens is 852 g/mol. The molecule has 4 aromatic rings. The average Bonchev–Trinajstić information content (AvgIpc) is 3.90. The van der Waals surface area contributed by atoms with Crippen molar-refractivity contribution in [3.63, 3.8) is 0 Å². The number of piperidine rings is 2. The van der Waals surface area contributed by atoms with Crippen LogP contribution in [0.15, 0.2) is 53.5 Å². The van der Waals surface area contributed by atoms with Gasteiger partial charge in [-0.3, -0.25) is 29.3 Å². The van der Waals surface area contributed by atoms with Gasteiger partial charge in [-0.15, -0.1) is 0 Å². The zero-order valence-corrected chi connectivity index (χ0v) is 37.9. The monoisotopic (exact) mass is 908 g/mol. The number of anilines is 4. The molecule has 1 atom stereocenters. The molecule has 344 valence electrons. The minimum atomic E-state index is -0.548. The molecule has 17 nitrogen and oxygen atoms in total. The van der Waals surface area contributed by atoms with Crippen molar-refractivity contribution in [1.29, 1.82) is 0 Å². The van der Waals surface area contributed by atoms with E-state index in [0.29, 0.717) is 52.9 Å². The summed E-state index contributed by atoms with van der Waals surface area (Å²) in [6, 6.07) is 12.7. The van der Waals surface area contributed by atoms with E-state index in [2.05, 4.69) is 42.1 Å². The van der Waals surface area contributed by atoms with Crippen molar-refractivity contribution in [1.82, 2.24) is 35.4 Å². The number of likely N-dealkylation sites (N-methyl/N-ethyl adjacent to an activating group) is 1. The van der Waals surface area contributed by atoms with E-state index in [1.54, 1.807) is 21.7 Å². The van der Waals surface area contributed by atoms with Gasteiger partial charge >= 0.3 is 0 Å². The standard InChI is InChI=1S/C28H35ClN6O4.C19H22N4O3/c1-17(2)35-23-8-7-19(13-18(23)14-24(27(35)37)38-16-25(36)30-3)32-26-22(29)15-31-28(33-26)34-11-9-21(10-12-34)39-20-5-4-6-20;24-16-4-3-15(17(25)21-16)23-8-12-7-13(1-2-14(12)18(23)26)22-10-19(11-22)5-6-20-9-19/h7-8,13-15,17,20-21H,4-6,9-12,16H2,1-3H3,(H,30,36)(H,31,32,33);1-2,7,15,20H,3-6,8-11H2,(H,21,24,25). The summed E-state index contributed by atoms with van der Waals surface area (Å²) >= 11 is 6.47. The fourth-order valence-corrected chi connectivity index (χ4v) is 9.84. The number of ether oxygens (including phenoxy) is 2. The van der Waals surface area contributed by atoms with Crippen LogP contribution in [-0.2, 0) is 25.7 Å². The number of aromatic nitrogens is 3. The summed E-state index contributed by atoms with van der Waals surface area (Å²) in [6.07, 6.45) is 9.84. The van der Waals surface area contributed by atoms with Gasteiger partial charge in [0.2, 0.25) is 17.8 Å². The molecule has 0 bridgehead atoms. The van der Waals surface area contributed by atoms with E-state index in [1.165, 1.54) is 32.7 Å². The molecule has 2 aromatic heterocycles. The second kappa shape index (κ2) is 18.6. The topological polar surface area (TPSA) is 192 Å². The molecule has 5 aliphatic heterocycles. The molecule has 1 spiro atoms. The summed E-state index contributed by atoms with van der Waals surface area (Å²) < 4.78 is 13.4. The number of halogens is 1. The molecule has 7 heterocycles. The van der Waals surface area contributed by atoms with Crippen molar-refractivity contribution in [3.8, 4) is 5.75 Å². The largest absolute Gasteiger partial charge is 0.478 e. The molecule has 4 N–H and O–H groups in total. The Kier molecular flexibility index (Phi) is 12.7. The highest BCUT2D eigenvalue weighted by atomic mass is 35.5. The van der Waals surface area contributed by atoms with Crippen LogP contribution in [0, 0.1) is 5.41 Å². The molecule has 10 rings (SSSR count). The first-order valence-corrected chi connectivity index (χ1v) is 23.2. The summed E-state index contributed by atoms with van der Waals surface area (Å²) in [5, 5.41) is 12.8. The number of imide groups is 1. The van der Waals surface area contributed by atoms with E-state index >= 15 is 0 Å². The van der Waals surface area contributed by atoms with E-state index in [1.807, 2.05) is 44.2 Å². The molecule has 0 radical (unpaired) electrons. The fraction of sp³-hybridized carbons (Fsp3) is 0.511.